The molecule has 1 aliphatic heterocycles. The summed E-state index contributed by atoms with van der Waals surface area (Å²) in [6.45, 7) is 3.01. The second kappa shape index (κ2) is 7.02. The van der Waals surface area contributed by atoms with Gasteiger partial charge in [-0.2, -0.15) is 0 Å². The standard InChI is InChI=1S/C19H24N4O4/c1-12(24)22-19(9-4-3-5-10-19)16(26)20-14-8-6-7-13(11-14)18(2)15(25)21-17(27)23-18/h6-8,11H,3-5,9-10H2,1-2H3,(H,20,26)(H,22,24)(H2,21,23,25,27). The Bertz CT molecular complexity index is 801. The van der Waals surface area contributed by atoms with Crippen LogP contribution in [0.1, 0.15) is 51.5 Å². The molecule has 1 aromatic carbocycles. The van der Waals surface area contributed by atoms with E-state index in [2.05, 4.69) is 21.3 Å². The van der Waals surface area contributed by atoms with Crippen molar-refractivity contribution in [2.75, 3.05) is 5.32 Å². The third-order valence-electron chi connectivity index (χ3n) is 5.30. The normalized spacial score (nSPS) is 23.9. The lowest BCUT2D eigenvalue weighted by Gasteiger charge is -2.36. The van der Waals surface area contributed by atoms with Crippen LogP contribution in [0.25, 0.3) is 0 Å². The van der Waals surface area contributed by atoms with Crippen molar-refractivity contribution in [1.82, 2.24) is 16.0 Å². The molecule has 2 fully saturated rings. The van der Waals surface area contributed by atoms with Crippen LogP contribution in [0.5, 0.6) is 0 Å². The number of hydrogen-bond donors (Lipinski definition) is 4. The molecule has 8 nitrogen and oxygen atoms in total. The molecule has 1 saturated heterocycles. The van der Waals surface area contributed by atoms with Gasteiger partial charge in [-0.1, -0.05) is 31.4 Å². The molecule has 0 aromatic heterocycles. The minimum absolute atomic E-state index is 0.237. The summed E-state index contributed by atoms with van der Waals surface area (Å²) in [7, 11) is 0. The van der Waals surface area contributed by atoms with Gasteiger partial charge in [0.25, 0.3) is 5.91 Å². The average molecular weight is 372 g/mol. The molecule has 0 spiro atoms. The predicted molar refractivity (Wildman–Crippen MR) is 98.7 cm³/mol. The third kappa shape index (κ3) is 3.65. The van der Waals surface area contributed by atoms with E-state index in [0.29, 0.717) is 24.1 Å². The highest BCUT2D eigenvalue weighted by atomic mass is 16.2. The van der Waals surface area contributed by atoms with E-state index in [1.54, 1.807) is 31.2 Å². The van der Waals surface area contributed by atoms with Crippen molar-refractivity contribution in [1.29, 1.82) is 0 Å². The van der Waals surface area contributed by atoms with Crippen LogP contribution in [0.4, 0.5) is 10.5 Å². The second-order valence-electron chi connectivity index (χ2n) is 7.39. The van der Waals surface area contributed by atoms with E-state index >= 15 is 0 Å². The number of carbonyl (C=O) groups is 4. The number of nitrogens with one attached hydrogen (secondary N) is 4. The molecule has 1 aromatic rings. The summed E-state index contributed by atoms with van der Waals surface area (Å²) in [5.74, 6) is -0.948. The molecule has 1 saturated carbocycles. The fourth-order valence-corrected chi connectivity index (χ4v) is 3.81. The molecule has 0 radical (unpaired) electrons. The van der Waals surface area contributed by atoms with Gasteiger partial charge in [-0.15, -0.1) is 0 Å². The molecule has 144 valence electrons. The first kappa shape index (κ1) is 18.9. The Labute approximate surface area is 157 Å². The highest BCUT2D eigenvalue weighted by Crippen LogP contribution is 2.31. The van der Waals surface area contributed by atoms with Crippen LogP contribution in [0.15, 0.2) is 24.3 Å². The molecule has 0 bridgehead atoms. The first-order chi connectivity index (χ1) is 12.7. The molecule has 3 rings (SSSR count). The van der Waals surface area contributed by atoms with E-state index in [4.69, 9.17) is 0 Å². The van der Waals surface area contributed by atoms with Crippen LogP contribution in [0.3, 0.4) is 0 Å². The number of urea groups is 1. The lowest BCUT2D eigenvalue weighted by Crippen LogP contribution is -2.57. The summed E-state index contributed by atoms with van der Waals surface area (Å²) in [5.41, 5.74) is -1.05. The fourth-order valence-electron chi connectivity index (χ4n) is 3.81. The molecule has 1 unspecified atom stereocenters. The van der Waals surface area contributed by atoms with E-state index in [9.17, 15) is 19.2 Å². The van der Waals surface area contributed by atoms with Gasteiger partial charge in [0.05, 0.1) is 0 Å². The van der Waals surface area contributed by atoms with Crippen LogP contribution in [-0.4, -0.2) is 29.3 Å². The largest absolute Gasteiger partial charge is 0.342 e. The van der Waals surface area contributed by atoms with Crippen molar-refractivity contribution in [3.05, 3.63) is 29.8 Å². The van der Waals surface area contributed by atoms with Crippen molar-refractivity contribution < 1.29 is 19.2 Å². The first-order valence-corrected chi connectivity index (χ1v) is 9.09. The lowest BCUT2D eigenvalue weighted by molar-refractivity contribution is -0.130. The number of rotatable bonds is 4. The van der Waals surface area contributed by atoms with Gasteiger partial charge in [0.15, 0.2) is 0 Å². The zero-order valence-corrected chi connectivity index (χ0v) is 15.5. The summed E-state index contributed by atoms with van der Waals surface area (Å²) in [6, 6.07) is 6.24. The van der Waals surface area contributed by atoms with E-state index in [1.165, 1.54) is 6.92 Å². The maximum absolute atomic E-state index is 13.0. The Hall–Kier alpha value is -2.90. The minimum Gasteiger partial charge on any atom is -0.342 e. The quantitative estimate of drug-likeness (QED) is 0.600. The van der Waals surface area contributed by atoms with Crippen LogP contribution < -0.4 is 21.3 Å². The number of imide groups is 1. The molecule has 1 aliphatic carbocycles. The Kier molecular flexibility index (Phi) is 4.91. The van der Waals surface area contributed by atoms with Gasteiger partial charge in [-0.3, -0.25) is 19.7 Å². The number of amides is 5. The molecule has 2 aliphatic rings. The molecular weight excluding hydrogens is 348 g/mol. The minimum atomic E-state index is -1.20. The van der Waals surface area contributed by atoms with E-state index in [0.717, 1.165) is 19.3 Å². The Morgan fingerprint density at radius 2 is 1.81 bits per heavy atom. The summed E-state index contributed by atoms with van der Waals surface area (Å²) < 4.78 is 0. The van der Waals surface area contributed by atoms with Crippen molar-refractivity contribution in [2.24, 2.45) is 0 Å². The summed E-state index contributed by atoms with van der Waals surface area (Å²) in [4.78, 5) is 48.2. The molecule has 27 heavy (non-hydrogen) atoms. The Balaban J connectivity index is 1.83. The van der Waals surface area contributed by atoms with Crippen molar-refractivity contribution in [2.45, 2.75) is 57.0 Å². The third-order valence-corrected chi connectivity index (χ3v) is 5.30. The van der Waals surface area contributed by atoms with E-state index in [-0.39, 0.29) is 11.8 Å². The predicted octanol–water partition coefficient (Wildman–Crippen LogP) is 1.52. The first-order valence-electron chi connectivity index (χ1n) is 9.09. The molecule has 1 heterocycles. The highest BCUT2D eigenvalue weighted by Gasteiger charge is 2.44. The summed E-state index contributed by atoms with van der Waals surface area (Å²) in [6.07, 6.45) is 3.97. The van der Waals surface area contributed by atoms with Crippen molar-refractivity contribution >= 4 is 29.4 Å². The molecule has 8 heteroatoms. The average Bonchev–Trinajstić information content (AvgIpc) is 2.88. The summed E-state index contributed by atoms with van der Waals surface area (Å²) >= 11 is 0. The highest BCUT2D eigenvalue weighted by molar-refractivity contribution is 6.07. The van der Waals surface area contributed by atoms with Crippen molar-refractivity contribution in [3.63, 3.8) is 0 Å². The van der Waals surface area contributed by atoms with Gasteiger partial charge in [-0.05, 0) is 37.5 Å². The lowest BCUT2D eigenvalue weighted by atomic mass is 9.80. The van der Waals surface area contributed by atoms with Crippen LogP contribution >= 0.6 is 0 Å². The van der Waals surface area contributed by atoms with Crippen LogP contribution in [0, 0.1) is 0 Å². The van der Waals surface area contributed by atoms with Gasteiger partial charge in [-0.25, -0.2) is 4.79 Å². The second-order valence-corrected chi connectivity index (χ2v) is 7.39. The van der Waals surface area contributed by atoms with Gasteiger partial charge < -0.3 is 16.0 Å². The zero-order chi connectivity index (χ0) is 19.7. The molecule has 4 N–H and O–H groups in total. The van der Waals surface area contributed by atoms with Gasteiger partial charge >= 0.3 is 6.03 Å². The smallest absolute Gasteiger partial charge is 0.322 e. The van der Waals surface area contributed by atoms with E-state index < -0.39 is 23.0 Å². The van der Waals surface area contributed by atoms with Crippen molar-refractivity contribution in [3.8, 4) is 0 Å². The number of carbonyl (C=O) groups excluding carboxylic acids is 4. The monoisotopic (exact) mass is 372 g/mol. The van der Waals surface area contributed by atoms with Gasteiger partial charge in [0, 0.05) is 12.6 Å². The number of anilines is 1. The number of hydrogen-bond acceptors (Lipinski definition) is 4. The maximum atomic E-state index is 13.0. The SMILES string of the molecule is CC(=O)NC1(C(=O)Nc2cccc(C3(C)NC(=O)NC3=O)c2)CCCCC1. The van der Waals surface area contributed by atoms with Crippen LogP contribution in [0.2, 0.25) is 0 Å². The van der Waals surface area contributed by atoms with E-state index in [1.807, 2.05) is 0 Å². The number of benzene rings is 1. The molecule has 5 amide bonds. The Morgan fingerprint density at radius 1 is 1.11 bits per heavy atom. The zero-order valence-electron chi connectivity index (χ0n) is 15.5. The van der Waals surface area contributed by atoms with Gasteiger partial charge in [0.1, 0.15) is 11.1 Å². The molecular formula is C19H24N4O4. The fraction of sp³-hybridized carbons (Fsp3) is 0.474. The van der Waals surface area contributed by atoms with Gasteiger partial charge in [0.2, 0.25) is 11.8 Å². The molecule has 1 atom stereocenters. The maximum Gasteiger partial charge on any atom is 0.322 e. The van der Waals surface area contributed by atoms with Crippen LogP contribution in [-0.2, 0) is 19.9 Å². The Morgan fingerprint density at radius 3 is 2.41 bits per heavy atom. The topological polar surface area (TPSA) is 116 Å². The summed E-state index contributed by atoms with van der Waals surface area (Å²) in [5, 5.41) is 10.5.